The van der Waals surface area contributed by atoms with Crippen LogP contribution in [0.2, 0.25) is 10.0 Å². The predicted molar refractivity (Wildman–Crippen MR) is 89.4 cm³/mol. The fourth-order valence-electron chi connectivity index (χ4n) is 2.73. The van der Waals surface area contributed by atoms with E-state index in [1.807, 2.05) is 0 Å². The highest BCUT2D eigenvalue weighted by Gasteiger charge is 2.34. The zero-order valence-electron chi connectivity index (χ0n) is 12.9. The molecular weight excluding hydrogens is 391 g/mol. The molecule has 0 N–H and O–H groups in total. The molecule has 0 aliphatic carbocycles. The van der Waals surface area contributed by atoms with E-state index in [-0.39, 0.29) is 52.0 Å². The van der Waals surface area contributed by atoms with Crippen molar-refractivity contribution in [3.8, 4) is 11.5 Å². The minimum atomic E-state index is -1.17. The number of ketones is 1. The van der Waals surface area contributed by atoms with E-state index >= 15 is 0 Å². The van der Waals surface area contributed by atoms with Gasteiger partial charge in [-0.15, -0.1) is 0 Å². The van der Waals surface area contributed by atoms with Gasteiger partial charge < -0.3 is 14.2 Å². The van der Waals surface area contributed by atoms with Crippen molar-refractivity contribution in [1.29, 1.82) is 0 Å². The summed E-state index contributed by atoms with van der Waals surface area (Å²) < 4.78 is 43.2. The van der Waals surface area contributed by atoms with Gasteiger partial charge in [-0.05, 0) is 18.2 Å². The SMILES string of the molecule is O=C(C1=NC(c2cc3c(F)c(F)c2OCO3)CO1)c1c(Cl)cccc1Cl. The molecule has 3 aliphatic heterocycles. The van der Waals surface area contributed by atoms with Crippen LogP contribution in [-0.4, -0.2) is 25.1 Å². The lowest BCUT2D eigenvalue weighted by atomic mass is 10.1. The molecule has 0 spiro atoms. The molecule has 3 aliphatic rings. The Morgan fingerprint density at radius 2 is 1.85 bits per heavy atom. The van der Waals surface area contributed by atoms with Gasteiger partial charge in [0.05, 0.1) is 15.6 Å². The van der Waals surface area contributed by atoms with E-state index in [4.69, 9.17) is 37.4 Å². The van der Waals surface area contributed by atoms with Crippen molar-refractivity contribution in [3.63, 3.8) is 0 Å². The normalized spacial score (nSPS) is 17.8. The maximum atomic E-state index is 14.1. The van der Waals surface area contributed by atoms with Crippen molar-refractivity contribution in [2.24, 2.45) is 4.99 Å². The highest BCUT2D eigenvalue weighted by molar-refractivity contribution is 6.51. The number of ether oxygens (including phenoxy) is 3. The fraction of sp³-hybridized carbons (Fsp3) is 0.176. The summed E-state index contributed by atoms with van der Waals surface area (Å²) in [6.07, 6.45) is 0. The standard InChI is InChI=1S/C17H9Cl2F2NO4/c18-8-2-1-3-9(19)12(8)15(23)17-22-10(5-24-17)7-4-11-13(20)14(21)16(7)26-6-25-11/h1-4,10H,5-6H2. The van der Waals surface area contributed by atoms with Gasteiger partial charge >= 0.3 is 0 Å². The number of aliphatic imine (C=N–C) groups is 1. The number of nitrogens with zero attached hydrogens (tertiary/aromatic N) is 1. The van der Waals surface area contributed by atoms with Crippen LogP contribution >= 0.6 is 23.2 Å². The summed E-state index contributed by atoms with van der Waals surface area (Å²) in [5.74, 6) is -3.72. The molecule has 9 heteroatoms. The highest BCUT2D eigenvalue weighted by Crippen LogP contribution is 2.40. The molecule has 1 atom stereocenters. The van der Waals surface area contributed by atoms with E-state index in [0.717, 1.165) is 0 Å². The quantitative estimate of drug-likeness (QED) is 0.719. The summed E-state index contributed by atoms with van der Waals surface area (Å²) in [6, 6.07) is 5.15. The Morgan fingerprint density at radius 1 is 1.12 bits per heavy atom. The van der Waals surface area contributed by atoms with Gasteiger partial charge in [-0.2, -0.15) is 8.78 Å². The van der Waals surface area contributed by atoms with Crippen LogP contribution in [-0.2, 0) is 4.74 Å². The maximum Gasteiger partial charge on any atom is 0.259 e. The van der Waals surface area contributed by atoms with E-state index in [0.29, 0.717) is 0 Å². The third-order valence-corrected chi connectivity index (χ3v) is 4.60. The number of Topliss-reactive ketones (excluding diaryl/α,β-unsaturated/α-hetero) is 1. The zero-order chi connectivity index (χ0) is 18.4. The Balaban J connectivity index is 1.71. The molecule has 3 heterocycles. The lowest BCUT2D eigenvalue weighted by molar-refractivity contribution is 0.103. The second kappa shape index (κ2) is 6.41. The van der Waals surface area contributed by atoms with E-state index in [1.165, 1.54) is 18.2 Å². The van der Waals surface area contributed by atoms with Gasteiger partial charge in [-0.1, -0.05) is 29.3 Å². The number of hydrogen-bond acceptors (Lipinski definition) is 5. The molecule has 0 saturated carbocycles. The van der Waals surface area contributed by atoms with Crippen LogP contribution in [0.15, 0.2) is 29.3 Å². The summed E-state index contributed by atoms with van der Waals surface area (Å²) in [4.78, 5) is 16.8. The number of hydrogen-bond donors (Lipinski definition) is 0. The molecule has 26 heavy (non-hydrogen) atoms. The fourth-order valence-corrected chi connectivity index (χ4v) is 3.30. The first-order chi connectivity index (χ1) is 12.5. The van der Waals surface area contributed by atoms with Crippen LogP contribution in [0.5, 0.6) is 11.5 Å². The lowest BCUT2D eigenvalue weighted by Gasteiger charge is -2.10. The molecule has 0 amide bonds. The Morgan fingerprint density at radius 3 is 2.58 bits per heavy atom. The second-order valence-electron chi connectivity index (χ2n) is 5.51. The second-order valence-corrected chi connectivity index (χ2v) is 6.33. The molecule has 0 fully saturated rings. The smallest absolute Gasteiger partial charge is 0.259 e. The molecule has 2 bridgehead atoms. The molecule has 0 saturated heterocycles. The van der Waals surface area contributed by atoms with Gasteiger partial charge in [0, 0.05) is 5.56 Å². The van der Waals surface area contributed by atoms with Gasteiger partial charge in [0.15, 0.2) is 11.5 Å². The summed E-state index contributed by atoms with van der Waals surface area (Å²) in [7, 11) is 0. The van der Waals surface area contributed by atoms with Crippen LogP contribution in [0.4, 0.5) is 8.78 Å². The minimum absolute atomic E-state index is 0.0516. The predicted octanol–water partition coefficient (Wildman–Crippen LogP) is 4.35. The first-order valence-corrected chi connectivity index (χ1v) is 8.19. The van der Waals surface area contributed by atoms with Crippen molar-refractivity contribution in [2.45, 2.75) is 6.04 Å². The molecule has 0 aromatic heterocycles. The van der Waals surface area contributed by atoms with Gasteiger partial charge in [-0.25, -0.2) is 4.99 Å². The highest BCUT2D eigenvalue weighted by atomic mass is 35.5. The molecule has 5 nitrogen and oxygen atoms in total. The molecule has 0 radical (unpaired) electrons. The van der Waals surface area contributed by atoms with Crippen molar-refractivity contribution in [3.05, 3.63) is 57.1 Å². The third-order valence-electron chi connectivity index (χ3n) is 3.97. The maximum absolute atomic E-state index is 14.1. The molecule has 1 unspecified atom stereocenters. The summed E-state index contributed by atoms with van der Waals surface area (Å²) >= 11 is 12.1. The summed E-state index contributed by atoms with van der Waals surface area (Å²) in [5, 5.41) is 0.311. The van der Waals surface area contributed by atoms with Crippen LogP contribution in [0, 0.1) is 11.6 Å². The summed E-state index contributed by atoms with van der Waals surface area (Å²) in [6.45, 7) is -0.381. The molecule has 2 aromatic rings. The van der Waals surface area contributed by atoms with Crippen molar-refractivity contribution in [2.75, 3.05) is 13.4 Å². The third kappa shape index (κ3) is 2.68. The Labute approximate surface area is 156 Å². The van der Waals surface area contributed by atoms with Gasteiger partial charge in [-0.3, -0.25) is 4.79 Å². The lowest BCUT2D eigenvalue weighted by Crippen LogP contribution is -2.15. The van der Waals surface area contributed by atoms with E-state index in [9.17, 15) is 13.6 Å². The number of carbonyl (C=O) groups excluding carboxylic acids is 1. The number of rotatable bonds is 3. The summed E-state index contributed by atoms with van der Waals surface area (Å²) in [5.41, 5.74) is 0.287. The van der Waals surface area contributed by atoms with E-state index in [2.05, 4.69) is 4.99 Å². The van der Waals surface area contributed by atoms with Crippen molar-refractivity contribution < 1.29 is 27.8 Å². The molecule has 5 rings (SSSR count). The largest absolute Gasteiger partial charge is 0.472 e. The Kier molecular flexibility index (Phi) is 4.20. The number of carbonyl (C=O) groups is 1. The number of fused-ring (bicyclic) bond motifs is 4. The van der Waals surface area contributed by atoms with Crippen LogP contribution in [0.3, 0.4) is 0 Å². The van der Waals surface area contributed by atoms with Crippen molar-refractivity contribution >= 4 is 34.9 Å². The Bertz CT molecular complexity index is 944. The average molecular weight is 400 g/mol. The average Bonchev–Trinajstić information content (AvgIpc) is 2.94. The number of halogens is 4. The van der Waals surface area contributed by atoms with Crippen LogP contribution in [0.25, 0.3) is 0 Å². The first kappa shape index (κ1) is 17.1. The van der Waals surface area contributed by atoms with Crippen LogP contribution in [0.1, 0.15) is 22.0 Å². The molecule has 134 valence electrons. The van der Waals surface area contributed by atoms with Gasteiger partial charge in [0.25, 0.3) is 5.90 Å². The number of benzene rings is 2. The first-order valence-electron chi connectivity index (χ1n) is 7.44. The Hall–Kier alpha value is -2.38. The topological polar surface area (TPSA) is 57.1 Å². The minimum Gasteiger partial charge on any atom is -0.472 e. The zero-order valence-corrected chi connectivity index (χ0v) is 14.4. The molecular formula is C17H9Cl2F2NO4. The van der Waals surface area contributed by atoms with E-state index in [1.54, 1.807) is 6.07 Å². The van der Waals surface area contributed by atoms with Crippen molar-refractivity contribution in [1.82, 2.24) is 0 Å². The van der Waals surface area contributed by atoms with E-state index < -0.39 is 23.5 Å². The monoisotopic (exact) mass is 399 g/mol. The van der Waals surface area contributed by atoms with Gasteiger partial charge in [0.1, 0.15) is 12.6 Å². The molecule has 2 aromatic carbocycles. The van der Waals surface area contributed by atoms with Crippen LogP contribution < -0.4 is 9.47 Å². The van der Waals surface area contributed by atoms with Gasteiger partial charge in [0.2, 0.25) is 24.2 Å².